The van der Waals surface area contributed by atoms with Crippen LogP contribution in [0.2, 0.25) is 0 Å². The van der Waals surface area contributed by atoms with E-state index in [-0.39, 0.29) is 17.0 Å². The van der Waals surface area contributed by atoms with Crippen molar-refractivity contribution in [1.29, 1.82) is 0 Å². The van der Waals surface area contributed by atoms with Gasteiger partial charge in [-0.2, -0.15) is 0 Å². The van der Waals surface area contributed by atoms with Gasteiger partial charge in [-0.3, -0.25) is 4.79 Å². The van der Waals surface area contributed by atoms with Crippen molar-refractivity contribution < 1.29 is 18.3 Å². The number of ether oxygens (including phenoxy) is 1. The van der Waals surface area contributed by atoms with E-state index in [0.29, 0.717) is 5.69 Å². The molecule has 20 heavy (non-hydrogen) atoms. The summed E-state index contributed by atoms with van der Waals surface area (Å²) >= 11 is 0. The van der Waals surface area contributed by atoms with Crippen LogP contribution in [0.15, 0.2) is 36.4 Å². The molecule has 2 rings (SSSR count). The predicted molar refractivity (Wildman–Crippen MR) is 71.7 cm³/mol. The van der Waals surface area contributed by atoms with E-state index in [1.165, 1.54) is 19.2 Å². The number of nitrogens with one attached hydrogen (secondary N) is 1. The summed E-state index contributed by atoms with van der Waals surface area (Å²) in [5, 5.41) is 2.45. The van der Waals surface area contributed by atoms with Crippen LogP contribution < -0.4 is 15.8 Å². The van der Waals surface area contributed by atoms with Crippen LogP contribution in [-0.4, -0.2) is 13.0 Å². The highest BCUT2D eigenvalue weighted by Gasteiger charge is 2.15. The van der Waals surface area contributed by atoms with E-state index >= 15 is 0 Å². The number of amides is 1. The first-order chi connectivity index (χ1) is 9.52. The highest BCUT2D eigenvalue weighted by Crippen LogP contribution is 2.26. The van der Waals surface area contributed by atoms with Gasteiger partial charge in [-0.25, -0.2) is 8.78 Å². The molecule has 2 aromatic carbocycles. The van der Waals surface area contributed by atoms with E-state index in [9.17, 15) is 13.6 Å². The fourth-order valence-corrected chi connectivity index (χ4v) is 1.73. The van der Waals surface area contributed by atoms with Crippen LogP contribution in [0.3, 0.4) is 0 Å². The Balaban J connectivity index is 2.28. The van der Waals surface area contributed by atoms with E-state index in [4.69, 9.17) is 10.5 Å². The maximum absolute atomic E-state index is 13.1. The summed E-state index contributed by atoms with van der Waals surface area (Å²) in [7, 11) is 1.39. The van der Waals surface area contributed by atoms with Gasteiger partial charge in [0.25, 0.3) is 5.91 Å². The number of carbonyl (C=O) groups excluding carboxylic acids is 1. The number of nitrogen functional groups attached to an aromatic ring is 1. The Morgan fingerprint density at radius 3 is 2.60 bits per heavy atom. The Morgan fingerprint density at radius 1 is 1.20 bits per heavy atom. The van der Waals surface area contributed by atoms with Gasteiger partial charge in [-0.1, -0.05) is 6.07 Å². The molecule has 0 spiro atoms. The van der Waals surface area contributed by atoms with Crippen molar-refractivity contribution in [2.24, 2.45) is 0 Å². The highest BCUT2D eigenvalue weighted by atomic mass is 19.2. The van der Waals surface area contributed by atoms with Crippen LogP contribution in [0.1, 0.15) is 10.4 Å². The molecular weight excluding hydrogens is 266 g/mol. The molecule has 2 aromatic rings. The Morgan fingerprint density at radius 2 is 1.95 bits per heavy atom. The molecule has 0 fully saturated rings. The summed E-state index contributed by atoms with van der Waals surface area (Å²) in [5.41, 5.74) is 6.35. The average molecular weight is 278 g/mol. The zero-order chi connectivity index (χ0) is 14.7. The summed E-state index contributed by atoms with van der Waals surface area (Å²) in [4.78, 5) is 12.1. The van der Waals surface area contributed by atoms with Crippen molar-refractivity contribution in [2.45, 2.75) is 0 Å². The van der Waals surface area contributed by atoms with E-state index in [1.54, 1.807) is 12.1 Å². The number of anilines is 2. The Hall–Kier alpha value is -2.63. The van der Waals surface area contributed by atoms with Gasteiger partial charge in [-0.05, 0) is 24.3 Å². The lowest BCUT2D eigenvalue weighted by atomic mass is 10.1. The van der Waals surface area contributed by atoms with Gasteiger partial charge in [0, 0.05) is 11.8 Å². The first-order valence-corrected chi connectivity index (χ1v) is 5.72. The van der Waals surface area contributed by atoms with Crippen molar-refractivity contribution >= 4 is 17.3 Å². The summed E-state index contributed by atoms with van der Waals surface area (Å²) in [6.45, 7) is 0. The molecule has 0 saturated carbocycles. The van der Waals surface area contributed by atoms with Crippen LogP contribution in [-0.2, 0) is 0 Å². The van der Waals surface area contributed by atoms with Crippen LogP contribution in [0.4, 0.5) is 20.2 Å². The minimum Gasteiger partial charge on any atom is -0.494 e. The predicted octanol–water partition coefficient (Wildman–Crippen LogP) is 2.81. The first-order valence-electron chi connectivity index (χ1n) is 5.72. The molecule has 0 aliphatic carbocycles. The summed E-state index contributed by atoms with van der Waals surface area (Å²) in [6.07, 6.45) is 0. The van der Waals surface area contributed by atoms with E-state index in [1.807, 2.05) is 0 Å². The number of carbonyl (C=O) groups is 1. The van der Waals surface area contributed by atoms with Gasteiger partial charge in [0.05, 0.1) is 18.4 Å². The molecule has 0 aliphatic rings. The molecule has 6 heteroatoms. The van der Waals surface area contributed by atoms with Gasteiger partial charge >= 0.3 is 0 Å². The van der Waals surface area contributed by atoms with Gasteiger partial charge in [0.15, 0.2) is 17.4 Å². The van der Waals surface area contributed by atoms with Gasteiger partial charge < -0.3 is 15.8 Å². The summed E-state index contributed by atoms with van der Waals surface area (Å²) in [5.74, 6) is -2.32. The standard InChI is InChI=1S/C14H12F2N2O2/c1-20-13-9(3-2-4-12(13)17)14(19)18-8-5-6-10(15)11(16)7-8/h2-7H,17H2,1H3,(H,18,19). The van der Waals surface area contributed by atoms with Crippen molar-refractivity contribution in [3.8, 4) is 5.75 Å². The van der Waals surface area contributed by atoms with Gasteiger partial charge in [0.2, 0.25) is 0 Å². The lowest BCUT2D eigenvalue weighted by Crippen LogP contribution is -2.14. The number of methoxy groups -OCH3 is 1. The number of hydrogen-bond acceptors (Lipinski definition) is 3. The Labute approximate surface area is 114 Å². The second-order valence-corrected chi connectivity index (χ2v) is 4.01. The number of nitrogens with two attached hydrogens (primary N) is 1. The molecule has 0 aliphatic heterocycles. The molecule has 0 bridgehead atoms. The number of hydrogen-bond donors (Lipinski definition) is 2. The third-order valence-corrected chi connectivity index (χ3v) is 2.67. The smallest absolute Gasteiger partial charge is 0.259 e. The normalized spacial score (nSPS) is 10.2. The van der Waals surface area contributed by atoms with Crippen LogP contribution in [0.25, 0.3) is 0 Å². The van der Waals surface area contributed by atoms with Crippen molar-refractivity contribution in [2.75, 3.05) is 18.2 Å². The zero-order valence-electron chi connectivity index (χ0n) is 10.6. The summed E-state index contributed by atoms with van der Waals surface area (Å²) in [6, 6.07) is 7.79. The lowest BCUT2D eigenvalue weighted by molar-refractivity contribution is 0.102. The van der Waals surface area contributed by atoms with E-state index in [0.717, 1.165) is 12.1 Å². The maximum atomic E-state index is 13.1. The molecule has 0 unspecified atom stereocenters. The monoisotopic (exact) mass is 278 g/mol. The topological polar surface area (TPSA) is 64.3 Å². The molecule has 0 atom stereocenters. The number of para-hydroxylation sites is 1. The van der Waals surface area contributed by atoms with E-state index < -0.39 is 17.5 Å². The molecule has 0 heterocycles. The van der Waals surface area contributed by atoms with Gasteiger partial charge in [-0.15, -0.1) is 0 Å². The highest BCUT2D eigenvalue weighted by molar-refractivity contribution is 6.07. The second-order valence-electron chi connectivity index (χ2n) is 4.01. The zero-order valence-corrected chi connectivity index (χ0v) is 10.6. The fourth-order valence-electron chi connectivity index (χ4n) is 1.73. The van der Waals surface area contributed by atoms with Crippen LogP contribution in [0.5, 0.6) is 5.75 Å². The lowest BCUT2D eigenvalue weighted by Gasteiger charge is -2.11. The second kappa shape index (κ2) is 5.56. The van der Waals surface area contributed by atoms with E-state index in [2.05, 4.69) is 5.32 Å². The summed E-state index contributed by atoms with van der Waals surface area (Å²) < 4.78 is 30.9. The van der Waals surface area contributed by atoms with Crippen molar-refractivity contribution in [1.82, 2.24) is 0 Å². The number of rotatable bonds is 3. The molecule has 1 amide bonds. The van der Waals surface area contributed by atoms with Crippen LogP contribution in [0, 0.1) is 11.6 Å². The molecule has 0 saturated heterocycles. The minimum atomic E-state index is -1.04. The van der Waals surface area contributed by atoms with Gasteiger partial charge in [0.1, 0.15) is 0 Å². The maximum Gasteiger partial charge on any atom is 0.259 e. The minimum absolute atomic E-state index is 0.137. The van der Waals surface area contributed by atoms with Crippen molar-refractivity contribution in [3.63, 3.8) is 0 Å². The largest absolute Gasteiger partial charge is 0.494 e. The SMILES string of the molecule is COc1c(N)cccc1C(=O)Nc1ccc(F)c(F)c1. The molecule has 0 radical (unpaired) electrons. The van der Waals surface area contributed by atoms with Crippen LogP contribution >= 0.6 is 0 Å². The Bertz CT molecular complexity index is 660. The number of halogens is 2. The molecule has 0 aromatic heterocycles. The third kappa shape index (κ3) is 2.69. The molecule has 4 nitrogen and oxygen atoms in total. The molecular formula is C14H12F2N2O2. The quantitative estimate of drug-likeness (QED) is 0.848. The first kappa shape index (κ1) is 13.8. The van der Waals surface area contributed by atoms with Crippen molar-refractivity contribution in [3.05, 3.63) is 53.6 Å². The average Bonchev–Trinajstić information content (AvgIpc) is 2.42. The molecule has 104 valence electrons. The molecule has 3 N–H and O–H groups in total. The number of benzene rings is 2. The third-order valence-electron chi connectivity index (χ3n) is 2.67. The Kier molecular flexibility index (Phi) is 3.84. The fraction of sp³-hybridized carbons (Fsp3) is 0.0714.